The number of carboxylic acid groups (broad SMARTS) is 1. The van der Waals surface area contributed by atoms with Gasteiger partial charge in [0, 0.05) is 6.42 Å². The number of aliphatic hydroxyl groups excluding tert-OH is 19. The van der Waals surface area contributed by atoms with Crippen molar-refractivity contribution in [1.29, 1.82) is 0 Å². The molecule has 0 spiro atoms. The fraction of sp³-hybridized carbons (Fsp3) is 0.975. The van der Waals surface area contributed by atoms with Gasteiger partial charge in [0.15, 0.2) is 37.7 Å². The number of carbonyl (C=O) groups is 1. The van der Waals surface area contributed by atoms with Gasteiger partial charge in [-0.1, -0.05) is 0 Å². The molecule has 0 saturated carbocycles. The first kappa shape index (κ1) is 60.5. The molecule has 6 aliphatic heterocycles. The Hall–Kier alpha value is -1.77. The molecular weight excluding hydrogens is 1010 g/mol. The number of hydrogen-bond acceptors (Lipinski definition) is 32. The third kappa shape index (κ3) is 13.6. The summed E-state index contributed by atoms with van der Waals surface area (Å²) in [7, 11) is 0. The van der Waals surface area contributed by atoms with Crippen molar-refractivity contribution in [3.8, 4) is 0 Å². The number of aliphatic hydroxyl groups is 19. The van der Waals surface area contributed by atoms with E-state index in [0.717, 1.165) is 0 Å². The van der Waals surface area contributed by atoms with Crippen LogP contribution in [0, 0.1) is 0 Å². The summed E-state index contributed by atoms with van der Waals surface area (Å²) in [6.07, 6.45) is -57.5. The summed E-state index contributed by atoms with van der Waals surface area (Å²) < 4.78 is 67.6. The van der Waals surface area contributed by atoms with Crippen LogP contribution in [0.4, 0.5) is 0 Å². The summed E-state index contributed by atoms with van der Waals surface area (Å²) in [5.74, 6) is -1.21. The second-order valence-electron chi connectivity index (χ2n) is 18.2. The van der Waals surface area contributed by atoms with Gasteiger partial charge in [0.2, 0.25) is 0 Å². The molecule has 6 fully saturated rings. The molecule has 0 aromatic carbocycles. The molecule has 33 heteroatoms. The van der Waals surface area contributed by atoms with Crippen molar-refractivity contribution in [3.63, 3.8) is 0 Å². The first-order valence-corrected chi connectivity index (χ1v) is 23.2. The van der Waals surface area contributed by atoms with Crippen molar-refractivity contribution in [1.82, 2.24) is 0 Å². The van der Waals surface area contributed by atoms with Gasteiger partial charge in [-0.15, -0.1) is 0 Å². The Balaban J connectivity index is 1.18. The van der Waals surface area contributed by atoms with E-state index >= 15 is 0 Å². The lowest BCUT2D eigenvalue weighted by molar-refractivity contribution is -0.391. The van der Waals surface area contributed by atoms with E-state index in [1.165, 1.54) is 0 Å². The average molecular weight is 1080 g/mol. The average Bonchev–Trinajstić information content (AvgIpc) is 3.37. The zero-order valence-corrected chi connectivity index (χ0v) is 38.4. The quantitative estimate of drug-likeness (QED) is 0.0475. The molecule has 0 radical (unpaired) electrons. The van der Waals surface area contributed by atoms with Crippen LogP contribution < -0.4 is 0 Å². The van der Waals surface area contributed by atoms with Crippen LogP contribution in [-0.4, -0.2) is 339 Å². The van der Waals surface area contributed by atoms with Gasteiger partial charge in [0.25, 0.3) is 0 Å². The summed E-state index contributed by atoms with van der Waals surface area (Å²) in [6.45, 7) is -5.78. The minimum absolute atomic E-state index is 0.140. The molecule has 0 amide bonds. The molecule has 6 rings (SSSR count). The van der Waals surface area contributed by atoms with Crippen LogP contribution in [0.2, 0.25) is 0 Å². The molecule has 73 heavy (non-hydrogen) atoms. The molecule has 6 heterocycles. The van der Waals surface area contributed by atoms with E-state index in [2.05, 4.69) is 0 Å². The molecule has 12 unspecified atom stereocenters. The summed E-state index contributed by atoms with van der Waals surface area (Å²) >= 11 is 0. The van der Waals surface area contributed by atoms with Crippen LogP contribution in [0.25, 0.3) is 0 Å². The van der Waals surface area contributed by atoms with Crippen LogP contribution in [0.3, 0.4) is 0 Å². The molecular formula is C40H68O33. The molecule has 6 aliphatic rings. The van der Waals surface area contributed by atoms with E-state index in [0.29, 0.717) is 0 Å². The second-order valence-corrected chi connectivity index (χ2v) is 18.2. The van der Waals surface area contributed by atoms with E-state index in [1.807, 2.05) is 0 Å². The van der Waals surface area contributed by atoms with E-state index < -0.39 is 243 Å². The highest BCUT2D eigenvalue weighted by Crippen LogP contribution is 2.35. The van der Waals surface area contributed by atoms with E-state index in [1.54, 1.807) is 0 Å². The number of ether oxygens (including phenoxy) is 12. The van der Waals surface area contributed by atoms with E-state index in [4.69, 9.17) is 61.9 Å². The summed E-state index contributed by atoms with van der Waals surface area (Å²) in [6, 6.07) is 0. The zero-order chi connectivity index (χ0) is 53.7. The second kappa shape index (κ2) is 26.7. The lowest BCUT2D eigenvalue weighted by Gasteiger charge is -2.48. The Morgan fingerprint density at radius 2 is 0.658 bits per heavy atom. The minimum Gasteiger partial charge on any atom is -0.481 e. The Morgan fingerprint density at radius 1 is 0.329 bits per heavy atom. The Bertz CT molecular complexity index is 1670. The fourth-order valence-corrected chi connectivity index (χ4v) is 8.80. The van der Waals surface area contributed by atoms with Gasteiger partial charge in [0.1, 0.15) is 146 Å². The summed E-state index contributed by atoms with van der Waals surface area (Å²) in [5, 5.41) is 210. The van der Waals surface area contributed by atoms with Crippen molar-refractivity contribution < 1.29 is 164 Å². The van der Waals surface area contributed by atoms with Gasteiger partial charge in [-0.25, -0.2) is 0 Å². The molecule has 0 bridgehead atoms. The number of rotatable bonds is 21. The monoisotopic (exact) mass is 1080 g/mol. The normalized spacial score (nSPS) is 49.9. The van der Waals surface area contributed by atoms with Gasteiger partial charge in [-0.3, -0.25) is 4.79 Å². The number of hydrogen-bond donors (Lipinski definition) is 20. The first-order valence-electron chi connectivity index (χ1n) is 23.2. The van der Waals surface area contributed by atoms with Crippen LogP contribution in [-0.2, 0) is 61.6 Å². The number of aliphatic carboxylic acids is 1. The standard InChI is InChI=1S/C40H68O33/c41-4-10-17(47)23(53)29(59)37(65-10)72-33-26(56)19(49)12(6-43)67-39(33)64-8-14-21(51)25(55)28(58)35(69-14)63-9-15-22(52)32(31(61)36(70-15)62-3-1-2-16(45)46)71-40-34(27(57)20(50)13(7-44)68-40)73-38-30(60)24(54)18(48)11(5-42)66-38/h10-15,17-44,47-61H,1-9H2,(H,45,46)/t10?,11?,12?,13?,14?,15?,17-,18-,19-,20-,21-,22-,23+,24+,25+,26+,27+,28?,29?,30?,31?,32+,33?,34?,35+,36-,37-,38-,39+,40-/m1/s1. The Labute approximate surface area is 412 Å². The maximum absolute atomic E-state index is 11.7. The third-order valence-corrected chi connectivity index (χ3v) is 13.2. The largest absolute Gasteiger partial charge is 0.481 e. The molecule has 6 saturated heterocycles. The lowest BCUT2D eigenvalue weighted by Crippen LogP contribution is -2.67. The van der Waals surface area contributed by atoms with Crippen molar-refractivity contribution in [2.75, 3.05) is 46.2 Å². The van der Waals surface area contributed by atoms with Crippen LogP contribution in [0.5, 0.6) is 0 Å². The van der Waals surface area contributed by atoms with Gasteiger partial charge in [-0.2, -0.15) is 0 Å². The third-order valence-electron chi connectivity index (χ3n) is 13.2. The minimum atomic E-state index is -2.10. The van der Waals surface area contributed by atoms with Gasteiger partial charge in [-0.05, 0) is 6.42 Å². The Morgan fingerprint density at radius 3 is 1.11 bits per heavy atom. The van der Waals surface area contributed by atoms with Crippen LogP contribution in [0.1, 0.15) is 12.8 Å². The topological polar surface area (TPSA) is 532 Å². The van der Waals surface area contributed by atoms with Gasteiger partial charge < -0.3 is 159 Å². The predicted molar refractivity (Wildman–Crippen MR) is 220 cm³/mol. The van der Waals surface area contributed by atoms with Crippen molar-refractivity contribution >= 4 is 5.97 Å². The Kier molecular flexibility index (Phi) is 22.1. The molecule has 426 valence electrons. The molecule has 30 atom stereocenters. The van der Waals surface area contributed by atoms with E-state index in [9.17, 15) is 102 Å². The van der Waals surface area contributed by atoms with Gasteiger partial charge in [0.05, 0.1) is 46.2 Å². The fourth-order valence-electron chi connectivity index (χ4n) is 8.80. The highest BCUT2D eigenvalue weighted by Gasteiger charge is 2.56. The predicted octanol–water partition coefficient (Wildman–Crippen LogP) is -13.2. The zero-order valence-electron chi connectivity index (χ0n) is 38.4. The number of carboxylic acids is 1. The van der Waals surface area contributed by atoms with Crippen LogP contribution >= 0.6 is 0 Å². The van der Waals surface area contributed by atoms with Crippen molar-refractivity contribution in [2.45, 2.75) is 197 Å². The molecule has 33 nitrogen and oxygen atoms in total. The maximum atomic E-state index is 11.7. The lowest BCUT2D eigenvalue weighted by atomic mass is 9.96. The first-order chi connectivity index (χ1) is 34.6. The van der Waals surface area contributed by atoms with E-state index in [-0.39, 0.29) is 6.42 Å². The van der Waals surface area contributed by atoms with Gasteiger partial charge >= 0.3 is 5.97 Å². The summed E-state index contributed by atoms with van der Waals surface area (Å²) in [4.78, 5) is 11.2. The van der Waals surface area contributed by atoms with Crippen molar-refractivity contribution in [3.05, 3.63) is 0 Å². The molecule has 0 aromatic heterocycles. The molecule has 20 N–H and O–H groups in total. The van der Waals surface area contributed by atoms with Crippen LogP contribution in [0.15, 0.2) is 0 Å². The summed E-state index contributed by atoms with van der Waals surface area (Å²) in [5.41, 5.74) is 0. The molecule has 0 aromatic rings. The van der Waals surface area contributed by atoms with Crippen molar-refractivity contribution in [2.24, 2.45) is 0 Å². The highest BCUT2D eigenvalue weighted by molar-refractivity contribution is 5.66. The maximum Gasteiger partial charge on any atom is 0.303 e. The molecule has 0 aliphatic carbocycles. The SMILES string of the molecule is O=C(O)CCCO[C@@H]1OC(CO[C@H]2OC(CO[C@H]3OC(CO)[C@@H](O)[C@H](O)C3O[C@H]3OC(CO)[C@@H](O)[C@H](O)C3O)[C@@H](O)[C@H](O)C2O)[C@@H](O)[C@H](O[C@H]2OC(CO)[C@@H](O)[C@H](O)C2O[C@H]2OC(CO)[C@@H](O)[C@H](O)C2O)C1O. The smallest absolute Gasteiger partial charge is 0.303 e. The highest BCUT2D eigenvalue weighted by atomic mass is 16.8.